The number of rotatable bonds is 6. The van der Waals surface area contributed by atoms with Crippen molar-refractivity contribution in [2.75, 3.05) is 0 Å². The van der Waals surface area contributed by atoms with Crippen LogP contribution in [0.2, 0.25) is 0 Å². The first-order chi connectivity index (χ1) is 13.7. The Balaban J connectivity index is 2.68. The van der Waals surface area contributed by atoms with Crippen molar-refractivity contribution < 1.29 is 26.3 Å². The van der Waals surface area contributed by atoms with Crippen LogP contribution in [0.3, 0.4) is 0 Å². The number of alkyl halides is 6. The highest BCUT2D eigenvalue weighted by atomic mass is 32.2. The van der Waals surface area contributed by atoms with Crippen LogP contribution in [0.15, 0.2) is 53.4 Å². The van der Waals surface area contributed by atoms with E-state index in [9.17, 15) is 26.3 Å². The topological polar surface area (TPSA) is 0 Å². The molecule has 0 aromatic heterocycles. The van der Waals surface area contributed by atoms with Crippen LogP contribution in [0.5, 0.6) is 0 Å². The number of benzene rings is 2. The van der Waals surface area contributed by atoms with E-state index in [0.717, 1.165) is 30.7 Å². The van der Waals surface area contributed by atoms with Gasteiger partial charge in [-0.05, 0) is 41.2 Å². The second-order valence-electron chi connectivity index (χ2n) is 8.26. The van der Waals surface area contributed by atoms with Crippen molar-refractivity contribution in [2.24, 2.45) is 0 Å². The van der Waals surface area contributed by atoms with Gasteiger partial charge >= 0.3 is 12.4 Å². The monoisotopic (exact) mass is 448 g/mol. The SMILES string of the molecule is CCC(C)(C)Sc1ccc(C(c2ccc(C(C)C)cc2)(C(F)(F)F)C(F)(F)F)cc1. The number of hydrogen-bond acceptors (Lipinski definition) is 1. The molecule has 0 heterocycles. The van der Waals surface area contributed by atoms with Gasteiger partial charge in [-0.15, -0.1) is 11.8 Å². The van der Waals surface area contributed by atoms with E-state index in [2.05, 4.69) is 0 Å². The maximum absolute atomic E-state index is 14.2. The molecule has 0 radical (unpaired) electrons. The van der Waals surface area contributed by atoms with Crippen LogP contribution in [0.1, 0.15) is 63.6 Å². The summed E-state index contributed by atoms with van der Waals surface area (Å²) in [5, 5.41) is 0. The lowest BCUT2D eigenvalue weighted by molar-refractivity contribution is -0.288. The minimum absolute atomic E-state index is 0.0107. The fraction of sp³-hybridized carbons (Fsp3) is 0.478. The molecule has 0 atom stereocenters. The molecular formula is C23H26F6S. The molecule has 2 aromatic rings. The van der Waals surface area contributed by atoms with E-state index in [4.69, 9.17) is 0 Å². The first-order valence-electron chi connectivity index (χ1n) is 9.69. The minimum atomic E-state index is -5.57. The highest BCUT2D eigenvalue weighted by Crippen LogP contribution is 2.56. The number of halogens is 6. The van der Waals surface area contributed by atoms with Gasteiger partial charge in [-0.3, -0.25) is 0 Å². The molecule has 0 aliphatic carbocycles. The summed E-state index contributed by atoms with van der Waals surface area (Å²) in [6.45, 7) is 9.56. The van der Waals surface area contributed by atoms with Crippen LogP contribution < -0.4 is 0 Å². The predicted octanol–water partition coefficient (Wildman–Crippen LogP) is 8.50. The summed E-state index contributed by atoms with van der Waals surface area (Å²) >= 11 is 1.42. The second-order valence-corrected chi connectivity index (χ2v) is 10.0. The van der Waals surface area contributed by atoms with Gasteiger partial charge in [-0.2, -0.15) is 26.3 Å². The highest BCUT2D eigenvalue weighted by molar-refractivity contribution is 8.00. The van der Waals surface area contributed by atoms with Crippen molar-refractivity contribution >= 4 is 11.8 Å². The molecule has 0 fully saturated rings. The summed E-state index contributed by atoms with van der Waals surface area (Å²) < 4.78 is 85.0. The van der Waals surface area contributed by atoms with E-state index < -0.39 is 28.9 Å². The summed E-state index contributed by atoms with van der Waals surface area (Å²) in [7, 11) is 0. The predicted molar refractivity (Wildman–Crippen MR) is 110 cm³/mol. The summed E-state index contributed by atoms with van der Waals surface area (Å²) in [6.07, 6.45) is -10.3. The molecule has 0 saturated heterocycles. The molecule has 0 bridgehead atoms. The molecule has 7 heteroatoms. The highest BCUT2D eigenvalue weighted by Gasteiger charge is 2.72. The quantitative estimate of drug-likeness (QED) is 0.315. The molecule has 0 saturated carbocycles. The molecule has 2 rings (SSSR count). The average Bonchev–Trinajstić information content (AvgIpc) is 2.61. The molecule has 30 heavy (non-hydrogen) atoms. The minimum Gasteiger partial charge on any atom is -0.169 e. The third-order valence-electron chi connectivity index (χ3n) is 5.39. The summed E-state index contributed by atoms with van der Waals surface area (Å²) in [6, 6.07) is 9.13. The zero-order valence-electron chi connectivity index (χ0n) is 17.6. The van der Waals surface area contributed by atoms with Gasteiger partial charge in [0.15, 0.2) is 0 Å². The standard InChI is InChI=1S/C23H26F6S/c1-6-20(4,5)30-19-13-11-18(12-14-19)21(22(24,25)26,23(27,28)29)17-9-7-16(8-10-17)15(2)3/h7-15H,6H2,1-5H3. The molecule has 0 aliphatic rings. The van der Waals surface area contributed by atoms with Crippen LogP contribution in [0.25, 0.3) is 0 Å². The normalized spacial score (nSPS) is 13.7. The fourth-order valence-corrected chi connectivity index (χ4v) is 4.32. The van der Waals surface area contributed by atoms with E-state index in [1.54, 1.807) is 0 Å². The van der Waals surface area contributed by atoms with E-state index in [-0.39, 0.29) is 10.7 Å². The summed E-state index contributed by atoms with van der Waals surface area (Å²) in [4.78, 5) is 0.624. The van der Waals surface area contributed by atoms with Gasteiger partial charge < -0.3 is 0 Å². The van der Waals surface area contributed by atoms with E-state index in [0.29, 0.717) is 10.5 Å². The van der Waals surface area contributed by atoms with Crippen molar-refractivity contribution in [3.05, 3.63) is 65.2 Å². The first-order valence-corrected chi connectivity index (χ1v) is 10.5. The summed E-state index contributed by atoms with van der Waals surface area (Å²) in [5.74, 6) is -0.0107. The lowest BCUT2D eigenvalue weighted by atomic mass is 9.72. The molecule has 0 N–H and O–H groups in total. The average molecular weight is 449 g/mol. The maximum atomic E-state index is 14.2. The Kier molecular flexibility index (Phi) is 6.97. The molecule has 0 spiro atoms. The van der Waals surface area contributed by atoms with Crippen LogP contribution in [-0.4, -0.2) is 17.1 Å². The van der Waals surface area contributed by atoms with Crippen LogP contribution in [-0.2, 0) is 5.41 Å². The molecule has 166 valence electrons. The fourth-order valence-electron chi connectivity index (χ4n) is 3.26. The van der Waals surface area contributed by atoms with Gasteiger partial charge in [0.1, 0.15) is 0 Å². The lowest BCUT2D eigenvalue weighted by Gasteiger charge is -2.38. The molecule has 2 aromatic carbocycles. The third kappa shape index (κ3) is 4.66. The van der Waals surface area contributed by atoms with Gasteiger partial charge in [0, 0.05) is 9.64 Å². The summed E-state index contributed by atoms with van der Waals surface area (Å²) in [5.41, 5.74) is -5.09. The van der Waals surface area contributed by atoms with E-state index in [1.807, 2.05) is 34.6 Å². The second kappa shape index (κ2) is 8.48. The van der Waals surface area contributed by atoms with Crippen molar-refractivity contribution in [3.63, 3.8) is 0 Å². The van der Waals surface area contributed by atoms with Gasteiger partial charge in [0.2, 0.25) is 5.41 Å². The lowest BCUT2D eigenvalue weighted by Crippen LogP contribution is -2.54. The van der Waals surface area contributed by atoms with Gasteiger partial charge in [0.05, 0.1) is 0 Å². The number of thioether (sulfide) groups is 1. The zero-order valence-corrected chi connectivity index (χ0v) is 18.4. The van der Waals surface area contributed by atoms with Crippen LogP contribution in [0, 0.1) is 0 Å². The molecule has 0 nitrogen and oxygen atoms in total. The van der Waals surface area contributed by atoms with E-state index >= 15 is 0 Å². The number of hydrogen-bond donors (Lipinski definition) is 0. The van der Waals surface area contributed by atoms with Crippen molar-refractivity contribution in [1.82, 2.24) is 0 Å². The molecule has 0 amide bonds. The van der Waals surface area contributed by atoms with Gasteiger partial charge in [-0.25, -0.2) is 0 Å². The maximum Gasteiger partial charge on any atom is 0.411 e. The smallest absolute Gasteiger partial charge is 0.169 e. The van der Waals surface area contributed by atoms with Crippen molar-refractivity contribution in [3.8, 4) is 0 Å². The van der Waals surface area contributed by atoms with Crippen molar-refractivity contribution in [1.29, 1.82) is 0 Å². The Labute approximate surface area is 178 Å². The zero-order chi connectivity index (χ0) is 23.0. The molecule has 0 aliphatic heterocycles. The van der Waals surface area contributed by atoms with Gasteiger partial charge in [0.25, 0.3) is 0 Å². The Hall–Kier alpha value is -1.63. The van der Waals surface area contributed by atoms with Crippen LogP contribution >= 0.6 is 11.8 Å². The van der Waals surface area contributed by atoms with E-state index in [1.165, 1.54) is 36.0 Å². The van der Waals surface area contributed by atoms with Gasteiger partial charge in [-0.1, -0.05) is 71.0 Å². The Morgan fingerprint density at radius 1 is 0.733 bits per heavy atom. The first kappa shape index (κ1) is 24.6. The Morgan fingerprint density at radius 3 is 1.47 bits per heavy atom. The van der Waals surface area contributed by atoms with Crippen molar-refractivity contribution in [2.45, 2.75) is 74.4 Å². The largest absolute Gasteiger partial charge is 0.411 e. The Bertz CT molecular complexity index is 816. The van der Waals surface area contributed by atoms with Crippen LogP contribution in [0.4, 0.5) is 26.3 Å². The molecule has 0 unspecified atom stereocenters. The third-order valence-corrected chi connectivity index (χ3v) is 6.74. The molecular weight excluding hydrogens is 422 g/mol. The Morgan fingerprint density at radius 2 is 1.13 bits per heavy atom.